The molecule has 2 aromatic heterocycles. The Morgan fingerprint density at radius 2 is 2.17 bits per heavy atom. The monoisotopic (exact) mass is 409 g/mol. The van der Waals surface area contributed by atoms with E-state index in [-0.39, 0.29) is 5.82 Å². The predicted molar refractivity (Wildman–Crippen MR) is 95.3 cm³/mol. The Morgan fingerprint density at radius 3 is 2.87 bits per heavy atom. The quantitative estimate of drug-likeness (QED) is 0.518. The molecule has 3 aromatic rings. The van der Waals surface area contributed by atoms with Gasteiger partial charge in [0.25, 0.3) is 0 Å². The van der Waals surface area contributed by atoms with E-state index in [0.717, 1.165) is 31.6 Å². The fraction of sp³-hybridized carbons (Fsp3) is 0.250. The van der Waals surface area contributed by atoms with Crippen LogP contribution in [0.5, 0.6) is 0 Å². The van der Waals surface area contributed by atoms with Gasteiger partial charge in [0.2, 0.25) is 0 Å². The maximum Gasteiger partial charge on any atom is 0.192 e. The maximum absolute atomic E-state index is 13.2. The first-order valence-corrected chi connectivity index (χ1v) is 9.93. The summed E-state index contributed by atoms with van der Waals surface area (Å²) < 4.78 is 16.2. The lowest BCUT2D eigenvalue weighted by Gasteiger charge is -2.08. The van der Waals surface area contributed by atoms with Crippen LogP contribution in [0, 0.1) is 5.82 Å². The fourth-order valence-corrected chi connectivity index (χ4v) is 4.78. The number of rotatable bonds is 5. The summed E-state index contributed by atoms with van der Waals surface area (Å²) in [6.45, 7) is 0. The van der Waals surface area contributed by atoms with E-state index in [4.69, 9.17) is 0 Å². The second kappa shape index (κ2) is 6.37. The van der Waals surface area contributed by atoms with Crippen LogP contribution in [0.25, 0.3) is 10.7 Å². The van der Waals surface area contributed by atoms with Crippen LogP contribution in [0.2, 0.25) is 0 Å². The van der Waals surface area contributed by atoms with Crippen molar-refractivity contribution in [2.45, 2.75) is 29.8 Å². The fourth-order valence-electron chi connectivity index (χ4n) is 2.39. The lowest BCUT2D eigenvalue weighted by Crippen LogP contribution is -1.99. The molecule has 0 radical (unpaired) electrons. The molecule has 0 atom stereocenters. The summed E-state index contributed by atoms with van der Waals surface area (Å²) in [5.74, 6) is 1.46. The van der Waals surface area contributed by atoms with Crippen molar-refractivity contribution in [2.24, 2.45) is 0 Å². The zero-order chi connectivity index (χ0) is 15.8. The molecule has 0 N–H and O–H groups in total. The van der Waals surface area contributed by atoms with Gasteiger partial charge in [-0.05, 0) is 42.0 Å². The molecular formula is C16H13BrFN3S2. The van der Waals surface area contributed by atoms with Crippen LogP contribution < -0.4 is 0 Å². The molecule has 3 nitrogen and oxygen atoms in total. The van der Waals surface area contributed by atoms with E-state index in [0.29, 0.717) is 6.04 Å². The highest BCUT2D eigenvalue weighted by atomic mass is 79.9. The van der Waals surface area contributed by atoms with E-state index in [1.54, 1.807) is 23.1 Å². The van der Waals surface area contributed by atoms with Crippen molar-refractivity contribution < 1.29 is 4.39 Å². The number of thioether (sulfide) groups is 1. The van der Waals surface area contributed by atoms with Crippen LogP contribution in [-0.4, -0.2) is 14.8 Å². The van der Waals surface area contributed by atoms with Gasteiger partial charge in [0.15, 0.2) is 11.0 Å². The van der Waals surface area contributed by atoms with Crippen molar-refractivity contribution >= 4 is 39.0 Å². The van der Waals surface area contributed by atoms with Gasteiger partial charge in [-0.15, -0.1) is 21.5 Å². The molecule has 0 aliphatic heterocycles. The minimum absolute atomic E-state index is 0.230. The Hall–Kier alpha value is -1.18. The van der Waals surface area contributed by atoms with E-state index in [9.17, 15) is 4.39 Å². The van der Waals surface area contributed by atoms with E-state index >= 15 is 0 Å². The van der Waals surface area contributed by atoms with Gasteiger partial charge < -0.3 is 0 Å². The molecule has 0 saturated heterocycles. The van der Waals surface area contributed by atoms with Gasteiger partial charge in [0, 0.05) is 16.3 Å². The first-order valence-electron chi connectivity index (χ1n) is 7.28. The summed E-state index contributed by atoms with van der Waals surface area (Å²) in [6, 6.07) is 9.43. The zero-order valence-corrected chi connectivity index (χ0v) is 15.3. The number of benzene rings is 1. The smallest absolute Gasteiger partial charge is 0.192 e. The molecular weight excluding hydrogens is 397 g/mol. The number of hydrogen-bond donors (Lipinski definition) is 0. The van der Waals surface area contributed by atoms with E-state index in [1.807, 2.05) is 12.1 Å². The second-order valence-corrected chi connectivity index (χ2v) is 8.15. The molecule has 0 unspecified atom stereocenters. The van der Waals surface area contributed by atoms with Gasteiger partial charge in [-0.25, -0.2) is 4.39 Å². The molecule has 1 aliphatic carbocycles. The van der Waals surface area contributed by atoms with E-state index < -0.39 is 0 Å². The average Bonchev–Trinajstić information content (AvgIpc) is 3.07. The van der Waals surface area contributed by atoms with E-state index in [2.05, 4.69) is 42.1 Å². The molecule has 1 saturated carbocycles. The normalized spacial score (nSPS) is 14.3. The minimum Gasteiger partial charge on any atom is -0.298 e. The summed E-state index contributed by atoms with van der Waals surface area (Å²) in [7, 11) is 0. The van der Waals surface area contributed by atoms with Crippen molar-refractivity contribution in [3.8, 4) is 10.7 Å². The molecule has 1 aromatic carbocycles. The third kappa shape index (κ3) is 3.22. The zero-order valence-electron chi connectivity index (χ0n) is 12.1. The van der Waals surface area contributed by atoms with Crippen LogP contribution in [0.3, 0.4) is 0 Å². The number of hydrogen-bond acceptors (Lipinski definition) is 4. The van der Waals surface area contributed by atoms with Gasteiger partial charge in [-0.2, -0.15) is 0 Å². The Balaban J connectivity index is 1.60. The van der Waals surface area contributed by atoms with Crippen molar-refractivity contribution in [3.63, 3.8) is 0 Å². The standard InChI is InChI=1S/C16H13BrFN3S2/c17-13-8-11(18)4-3-10(13)9-23-16-20-19-15(14-2-1-7-22-14)21(16)12-5-6-12/h1-4,7-8,12H,5-6,9H2. The van der Waals surface area contributed by atoms with Crippen molar-refractivity contribution in [3.05, 3.63) is 51.6 Å². The minimum atomic E-state index is -0.230. The average molecular weight is 410 g/mol. The summed E-state index contributed by atoms with van der Waals surface area (Å²) in [5, 5.41) is 11.8. The van der Waals surface area contributed by atoms with Crippen LogP contribution in [-0.2, 0) is 5.75 Å². The summed E-state index contributed by atoms with van der Waals surface area (Å²) in [5.41, 5.74) is 1.06. The Morgan fingerprint density at radius 1 is 1.30 bits per heavy atom. The van der Waals surface area contributed by atoms with Gasteiger partial charge in [-0.1, -0.05) is 39.8 Å². The predicted octanol–water partition coefficient (Wildman–Crippen LogP) is 5.54. The number of halogens is 2. The molecule has 23 heavy (non-hydrogen) atoms. The summed E-state index contributed by atoms with van der Waals surface area (Å²) >= 11 is 6.76. The Labute approximate surface area is 150 Å². The Kier molecular flexibility index (Phi) is 4.26. The number of aromatic nitrogens is 3. The maximum atomic E-state index is 13.2. The molecule has 0 bridgehead atoms. The number of nitrogens with zero attached hydrogens (tertiary/aromatic N) is 3. The highest BCUT2D eigenvalue weighted by Gasteiger charge is 2.30. The lowest BCUT2D eigenvalue weighted by molar-refractivity contribution is 0.626. The summed E-state index contributed by atoms with van der Waals surface area (Å²) in [6.07, 6.45) is 2.37. The lowest BCUT2D eigenvalue weighted by atomic mass is 10.2. The molecule has 7 heteroatoms. The van der Waals surface area contributed by atoms with Gasteiger partial charge in [0.1, 0.15) is 5.82 Å². The summed E-state index contributed by atoms with van der Waals surface area (Å²) in [4.78, 5) is 1.15. The third-order valence-corrected chi connectivity index (χ3v) is 6.29. The highest BCUT2D eigenvalue weighted by molar-refractivity contribution is 9.10. The van der Waals surface area contributed by atoms with E-state index in [1.165, 1.54) is 25.0 Å². The van der Waals surface area contributed by atoms with Crippen LogP contribution in [0.1, 0.15) is 24.4 Å². The van der Waals surface area contributed by atoms with Gasteiger partial charge >= 0.3 is 0 Å². The Bertz CT molecular complexity index is 828. The topological polar surface area (TPSA) is 30.7 Å². The molecule has 1 aliphatic rings. The molecule has 0 spiro atoms. The van der Waals surface area contributed by atoms with Crippen LogP contribution in [0.15, 0.2) is 45.3 Å². The largest absolute Gasteiger partial charge is 0.298 e. The number of thiophene rings is 1. The highest BCUT2D eigenvalue weighted by Crippen LogP contribution is 2.42. The van der Waals surface area contributed by atoms with Gasteiger partial charge in [0.05, 0.1) is 4.88 Å². The first kappa shape index (κ1) is 15.4. The van der Waals surface area contributed by atoms with Crippen molar-refractivity contribution in [1.82, 2.24) is 14.8 Å². The van der Waals surface area contributed by atoms with Crippen molar-refractivity contribution in [2.75, 3.05) is 0 Å². The molecule has 118 valence electrons. The molecule has 4 rings (SSSR count). The van der Waals surface area contributed by atoms with Crippen LogP contribution in [0.4, 0.5) is 4.39 Å². The van der Waals surface area contributed by atoms with Crippen molar-refractivity contribution in [1.29, 1.82) is 0 Å². The third-order valence-electron chi connectivity index (χ3n) is 3.69. The molecule has 0 amide bonds. The first-order chi connectivity index (χ1) is 11.2. The second-order valence-electron chi connectivity index (χ2n) is 5.41. The molecule has 2 heterocycles. The molecule has 1 fully saturated rings. The van der Waals surface area contributed by atoms with Crippen LogP contribution >= 0.6 is 39.0 Å². The SMILES string of the molecule is Fc1ccc(CSc2nnc(-c3cccs3)n2C2CC2)c(Br)c1. The van der Waals surface area contributed by atoms with Gasteiger partial charge in [-0.3, -0.25) is 4.57 Å².